The van der Waals surface area contributed by atoms with Gasteiger partial charge in [-0.25, -0.2) is 0 Å². The SMILES string of the molecule is CCCCC/C=C/CC1OC1C=CC(O)CC=CCCCC(=O)O. The van der Waals surface area contributed by atoms with E-state index in [1.54, 1.807) is 6.08 Å². The summed E-state index contributed by atoms with van der Waals surface area (Å²) in [6.45, 7) is 2.21. The molecule has 0 bridgehead atoms. The maximum absolute atomic E-state index is 10.4. The largest absolute Gasteiger partial charge is 0.481 e. The van der Waals surface area contributed by atoms with Crippen LogP contribution in [0, 0.1) is 0 Å². The highest BCUT2D eigenvalue weighted by Crippen LogP contribution is 2.27. The molecular formula is C20H32O4. The normalized spacial score (nSPS) is 21.9. The van der Waals surface area contributed by atoms with E-state index in [1.165, 1.54) is 19.3 Å². The first-order chi connectivity index (χ1) is 11.6. The zero-order valence-corrected chi connectivity index (χ0v) is 14.8. The van der Waals surface area contributed by atoms with Crippen LogP contribution >= 0.6 is 0 Å². The summed E-state index contributed by atoms with van der Waals surface area (Å²) in [6, 6.07) is 0. The van der Waals surface area contributed by atoms with E-state index in [4.69, 9.17) is 9.84 Å². The van der Waals surface area contributed by atoms with Crippen molar-refractivity contribution in [1.82, 2.24) is 0 Å². The minimum Gasteiger partial charge on any atom is -0.481 e. The van der Waals surface area contributed by atoms with E-state index in [0.717, 1.165) is 19.3 Å². The Labute approximate surface area is 145 Å². The van der Waals surface area contributed by atoms with E-state index >= 15 is 0 Å². The van der Waals surface area contributed by atoms with Crippen molar-refractivity contribution in [3.63, 3.8) is 0 Å². The van der Waals surface area contributed by atoms with Gasteiger partial charge in [-0.15, -0.1) is 0 Å². The summed E-state index contributed by atoms with van der Waals surface area (Å²) in [5.74, 6) is -0.763. The molecule has 24 heavy (non-hydrogen) atoms. The van der Waals surface area contributed by atoms with E-state index < -0.39 is 12.1 Å². The second-order valence-corrected chi connectivity index (χ2v) is 6.29. The van der Waals surface area contributed by atoms with Crippen LogP contribution in [0.3, 0.4) is 0 Å². The summed E-state index contributed by atoms with van der Waals surface area (Å²) in [5, 5.41) is 18.4. The van der Waals surface area contributed by atoms with Crippen LogP contribution in [0.1, 0.15) is 64.7 Å². The van der Waals surface area contributed by atoms with Gasteiger partial charge in [0.2, 0.25) is 0 Å². The number of allylic oxidation sites excluding steroid dienone is 2. The molecule has 1 saturated heterocycles. The number of carboxylic acid groups (broad SMARTS) is 1. The maximum Gasteiger partial charge on any atom is 0.303 e. The van der Waals surface area contributed by atoms with Crippen molar-refractivity contribution in [2.75, 3.05) is 0 Å². The standard InChI is InChI=1S/C20H32O4/c1-2-3-4-5-6-10-13-18-19(24-18)16-15-17(21)12-9-7-8-11-14-20(22)23/h6-7,9-10,15-19,21H,2-5,8,11-14H2,1H3,(H,22,23)/b9-7?,10-6+,16-15?. The molecule has 4 heteroatoms. The highest BCUT2D eigenvalue weighted by molar-refractivity contribution is 5.66. The number of aliphatic hydroxyl groups excluding tert-OH is 1. The van der Waals surface area contributed by atoms with Crippen LogP contribution in [-0.2, 0) is 9.53 Å². The Kier molecular flexibility index (Phi) is 11.2. The Bertz CT molecular complexity index is 425. The third kappa shape index (κ3) is 11.2. The first-order valence-corrected chi connectivity index (χ1v) is 9.17. The fourth-order valence-corrected chi connectivity index (χ4v) is 2.42. The number of carbonyl (C=O) groups is 1. The van der Waals surface area contributed by atoms with Gasteiger partial charge < -0.3 is 14.9 Å². The first kappa shape index (κ1) is 20.7. The number of hydrogen-bond donors (Lipinski definition) is 2. The van der Waals surface area contributed by atoms with E-state index in [1.807, 2.05) is 18.2 Å². The molecule has 3 atom stereocenters. The molecule has 1 aliphatic rings. The Balaban J connectivity index is 2.04. The zero-order valence-electron chi connectivity index (χ0n) is 14.8. The highest BCUT2D eigenvalue weighted by Gasteiger charge is 2.34. The van der Waals surface area contributed by atoms with Crippen molar-refractivity contribution in [1.29, 1.82) is 0 Å². The third-order valence-electron chi connectivity index (χ3n) is 3.96. The van der Waals surface area contributed by atoms with Crippen LogP contribution in [0.4, 0.5) is 0 Å². The molecule has 0 aromatic carbocycles. The van der Waals surface area contributed by atoms with Gasteiger partial charge in [-0.2, -0.15) is 0 Å². The molecule has 136 valence electrons. The molecule has 2 N–H and O–H groups in total. The molecular weight excluding hydrogens is 304 g/mol. The number of ether oxygens (including phenoxy) is 1. The lowest BCUT2D eigenvalue weighted by atomic mass is 10.1. The number of carboxylic acids is 1. The molecule has 0 aromatic heterocycles. The zero-order chi connectivity index (χ0) is 17.6. The molecule has 1 heterocycles. The topological polar surface area (TPSA) is 70.1 Å². The summed E-state index contributed by atoms with van der Waals surface area (Å²) >= 11 is 0. The van der Waals surface area contributed by atoms with Gasteiger partial charge in [0.1, 0.15) is 6.10 Å². The van der Waals surface area contributed by atoms with Crippen LogP contribution in [0.5, 0.6) is 0 Å². The van der Waals surface area contributed by atoms with Crippen molar-refractivity contribution < 1.29 is 19.7 Å². The van der Waals surface area contributed by atoms with Crippen LogP contribution in [0.15, 0.2) is 36.5 Å². The molecule has 0 spiro atoms. The predicted octanol–water partition coefficient (Wildman–Crippen LogP) is 4.40. The number of aliphatic hydroxyl groups is 1. The van der Waals surface area contributed by atoms with Gasteiger partial charge in [0.25, 0.3) is 0 Å². The Hall–Kier alpha value is -1.39. The minimum atomic E-state index is -0.763. The number of aliphatic carboxylic acids is 1. The highest BCUT2D eigenvalue weighted by atomic mass is 16.6. The predicted molar refractivity (Wildman–Crippen MR) is 97.0 cm³/mol. The van der Waals surface area contributed by atoms with Gasteiger partial charge in [0, 0.05) is 6.42 Å². The summed E-state index contributed by atoms with van der Waals surface area (Å²) < 4.78 is 5.55. The molecule has 0 amide bonds. The number of epoxide rings is 1. The van der Waals surface area contributed by atoms with E-state index in [-0.39, 0.29) is 18.6 Å². The van der Waals surface area contributed by atoms with Crippen LogP contribution in [0.2, 0.25) is 0 Å². The van der Waals surface area contributed by atoms with Gasteiger partial charge in [0.05, 0.1) is 12.2 Å². The molecule has 3 unspecified atom stereocenters. The second kappa shape index (κ2) is 13.0. The van der Waals surface area contributed by atoms with Crippen molar-refractivity contribution >= 4 is 5.97 Å². The van der Waals surface area contributed by atoms with E-state index in [9.17, 15) is 9.90 Å². The van der Waals surface area contributed by atoms with Crippen molar-refractivity contribution in [2.24, 2.45) is 0 Å². The average Bonchev–Trinajstić information content (AvgIpc) is 3.30. The lowest BCUT2D eigenvalue weighted by molar-refractivity contribution is -0.137. The first-order valence-electron chi connectivity index (χ1n) is 9.17. The number of hydrogen-bond acceptors (Lipinski definition) is 3. The smallest absolute Gasteiger partial charge is 0.303 e. The monoisotopic (exact) mass is 336 g/mol. The van der Waals surface area contributed by atoms with Crippen LogP contribution in [0.25, 0.3) is 0 Å². The van der Waals surface area contributed by atoms with Crippen molar-refractivity contribution in [3.05, 3.63) is 36.5 Å². The van der Waals surface area contributed by atoms with Gasteiger partial charge in [-0.3, -0.25) is 4.79 Å². The Morgan fingerprint density at radius 1 is 1.12 bits per heavy atom. The van der Waals surface area contributed by atoms with E-state index in [2.05, 4.69) is 19.1 Å². The Morgan fingerprint density at radius 3 is 2.62 bits per heavy atom. The summed E-state index contributed by atoms with van der Waals surface area (Å²) in [4.78, 5) is 10.4. The maximum atomic E-state index is 10.4. The molecule has 0 aliphatic carbocycles. The van der Waals surface area contributed by atoms with Crippen molar-refractivity contribution in [2.45, 2.75) is 83.0 Å². The summed E-state index contributed by atoms with van der Waals surface area (Å²) in [7, 11) is 0. The molecule has 0 aromatic rings. The second-order valence-electron chi connectivity index (χ2n) is 6.29. The van der Waals surface area contributed by atoms with Crippen LogP contribution < -0.4 is 0 Å². The lowest BCUT2D eigenvalue weighted by Crippen LogP contribution is -2.00. The average molecular weight is 336 g/mol. The summed E-state index contributed by atoms with van der Waals surface area (Å²) in [6.07, 6.45) is 19.9. The van der Waals surface area contributed by atoms with Crippen LogP contribution in [-0.4, -0.2) is 34.5 Å². The summed E-state index contributed by atoms with van der Waals surface area (Å²) in [5.41, 5.74) is 0. The van der Waals surface area contributed by atoms with Gasteiger partial charge in [-0.1, -0.05) is 56.2 Å². The fourth-order valence-electron chi connectivity index (χ4n) is 2.42. The van der Waals surface area contributed by atoms with Gasteiger partial charge >= 0.3 is 5.97 Å². The van der Waals surface area contributed by atoms with Crippen molar-refractivity contribution in [3.8, 4) is 0 Å². The molecule has 4 nitrogen and oxygen atoms in total. The molecule has 1 fully saturated rings. The van der Waals surface area contributed by atoms with Gasteiger partial charge in [0.15, 0.2) is 0 Å². The minimum absolute atomic E-state index is 0.138. The molecule has 0 saturated carbocycles. The molecule has 0 radical (unpaired) electrons. The molecule has 1 aliphatic heterocycles. The number of unbranched alkanes of at least 4 members (excludes halogenated alkanes) is 4. The van der Waals surface area contributed by atoms with E-state index in [0.29, 0.717) is 12.8 Å². The Morgan fingerprint density at radius 2 is 1.88 bits per heavy atom. The lowest BCUT2D eigenvalue weighted by Gasteiger charge is -1.99. The number of rotatable bonds is 14. The van der Waals surface area contributed by atoms with Gasteiger partial charge in [-0.05, 0) is 38.5 Å². The quantitative estimate of drug-likeness (QED) is 0.280. The fraction of sp³-hybridized carbons (Fsp3) is 0.650. The third-order valence-corrected chi connectivity index (χ3v) is 3.96. The molecule has 1 rings (SSSR count).